The average molecular weight is 288 g/mol. The number of pyridine rings is 1. The van der Waals surface area contributed by atoms with E-state index in [1.807, 2.05) is 13.8 Å². The standard InChI is InChI=1S/C17H26N2.C2H6/c1-14-8-4-2-5-9-15-10-11-16(18-17(14)15)19-12-6-3-7-13-19;1-2/h10-11,14H,2-9,12-13H2,1H3;1-2H3/t14-;/m0./s1. The molecule has 1 aliphatic carbocycles. The molecule has 0 unspecified atom stereocenters. The Morgan fingerprint density at radius 1 is 0.952 bits per heavy atom. The van der Waals surface area contributed by atoms with Crippen molar-refractivity contribution < 1.29 is 0 Å². The summed E-state index contributed by atoms with van der Waals surface area (Å²) < 4.78 is 0. The predicted octanol–water partition coefficient (Wildman–Crippen LogP) is 5.32. The van der Waals surface area contributed by atoms with Crippen LogP contribution in [0.15, 0.2) is 12.1 Å². The minimum atomic E-state index is 0.639. The molecule has 21 heavy (non-hydrogen) atoms. The van der Waals surface area contributed by atoms with Gasteiger partial charge in [0.2, 0.25) is 0 Å². The fourth-order valence-electron chi connectivity index (χ4n) is 3.51. The summed E-state index contributed by atoms with van der Waals surface area (Å²) in [6.45, 7) is 8.75. The predicted molar refractivity (Wildman–Crippen MR) is 92.2 cm³/mol. The van der Waals surface area contributed by atoms with Crippen LogP contribution in [0.2, 0.25) is 0 Å². The Hall–Kier alpha value is -1.05. The molecule has 2 nitrogen and oxygen atoms in total. The first-order valence-electron chi connectivity index (χ1n) is 9.09. The van der Waals surface area contributed by atoms with E-state index in [9.17, 15) is 0 Å². The Labute approximate surface area is 131 Å². The number of aromatic nitrogens is 1. The van der Waals surface area contributed by atoms with Crippen molar-refractivity contribution in [3.05, 3.63) is 23.4 Å². The second-order valence-electron chi connectivity index (χ2n) is 6.26. The van der Waals surface area contributed by atoms with E-state index in [1.165, 1.54) is 81.5 Å². The zero-order valence-corrected chi connectivity index (χ0v) is 14.2. The summed E-state index contributed by atoms with van der Waals surface area (Å²) in [6, 6.07) is 4.62. The summed E-state index contributed by atoms with van der Waals surface area (Å²) >= 11 is 0. The normalized spacial score (nSPS) is 22.4. The van der Waals surface area contributed by atoms with Gasteiger partial charge in [0.15, 0.2) is 0 Å². The summed E-state index contributed by atoms with van der Waals surface area (Å²) in [5.41, 5.74) is 2.90. The van der Waals surface area contributed by atoms with Crippen molar-refractivity contribution in [3.63, 3.8) is 0 Å². The molecule has 0 amide bonds. The quantitative estimate of drug-likeness (QED) is 0.695. The van der Waals surface area contributed by atoms with Crippen LogP contribution in [0.4, 0.5) is 5.82 Å². The van der Waals surface area contributed by atoms with E-state index in [1.54, 1.807) is 0 Å². The molecule has 0 spiro atoms. The third kappa shape index (κ3) is 4.21. The number of aryl methyl sites for hydroxylation is 1. The highest BCUT2D eigenvalue weighted by Gasteiger charge is 2.18. The van der Waals surface area contributed by atoms with Crippen molar-refractivity contribution in [3.8, 4) is 0 Å². The van der Waals surface area contributed by atoms with Crippen LogP contribution in [-0.4, -0.2) is 18.1 Å². The van der Waals surface area contributed by atoms with Crippen LogP contribution in [0.5, 0.6) is 0 Å². The molecule has 0 saturated carbocycles. The molecule has 2 heterocycles. The molecule has 2 heteroatoms. The molecular formula is C19H32N2. The summed E-state index contributed by atoms with van der Waals surface area (Å²) in [7, 11) is 0. The summed E-state index contributed by atoms with van der Waals surface area (Å²) in [5.74, 6) is 1.87. The highest BCUT2D eigenvalue weighted by atomic mass is 15.2. The van der Waals surface area contributed by atoms with Crippen molar-refractivity contribution in [2.45, 2.75) is 78.1 Å². The molecule has 2 aliphatic rings. The number of anilines is 1. The van der Waals surface area contributed by atoms with Crippen molar-refractivity contribution in [2.75, 3.05) is 18.0 Å². The lowest BCUT2D eigenvalue weighted by molar-refractivity contribution is 0.543. The largest absolute Gasteiger partial charge is 0.357 e. The maximum atomic E-state index is 5.05. The van der Waals surface area contributed by atoms with Gasteiger partial charge in [-0.1, -0.05) is 39.7 Å². The Morgan fingerprint density at radius 2 is 1.67 bits per heavy atom. The molecule has 1 aliphatic heterocycles. The van der Waals surface area contributed by atoms with Gasteiger partial charge in [0, 0.05) is 18.8 Å². The number of nitrogens with zero attached hydrogens (tertiary/aromatic N) is 2. The van der Waals surface area contributed by atoms with Gasteiger partial charge in [-0.25, -0.2) is 4.98 Å². The fraction of sp³-hybridized carbons (Fsp3) is 0.737. The van der Waals surface area contributed by atoms with Gasteiger partial charge < -0.3 is 4.90 Å². The summed E-state index contributed by atoms with van der Waals surface area (Å²) in [4.78, 5) is 7.53. The highest BCUT2D eigenvalue weighted by molar-refractivity contribution is 5.43. The molecule has 0 bridgehead atoms. The lowest BCUT2D eigenvalue weighted by atomic mass is 9.90. The molecular weight excluding hydrogens is 256 g/mol. The SMILES string of the molecule is CC.C[C@H]1CCCCCc2ccc(N3CCCCC3)nc21. The molecule has 1 aromatic rings. The summed E-state index contributed by atoms with van der Waals surface area (Å²) in [5, 5.41) is 0. The topological polar surface area (TPSA) is 16.1 Å². The molecule has 1 atom stereocenters. The Balaban J connectivity index is 0.000000774. The van der Waals surface area contributed by atoms with Crippen LogP contribution in [0.3, 0.4) is 0 Å². The van der Waals surface area contributed by atoms with Gasteiger partial charge >= 0.3 is 0 Å². The minimum absolute atomic E-state index is 0.639. The number of hydrogen-bond donors (Lipinski definition) is 0. The number of rotatable bonds is 1. The second kappa shape index (κ2) is 8.41. The van der Waals surface area contributed by atoms with Gasteiger partial charge in [-0.3, -0.25) is 0 Å². The first-order valence-corrected chi connectivity index (χ1v) is 9.09. The first kappa shape index (κ1) is 16.3. The van der Waals surface area contributed by atoms with Crippen LogP contribution in [-0.2, 0) is 6.42 Å². The van der Waals surface area contributed by atoms with Crippen molar-refractivity contribution in [1.29, 1.82) is 0 Å². The van der Waals surface area contributed by atoms with Crippen LogP contribution in [0, 0.1) is 0 Å². The maximum absolute atomic E-state index is 5.05. The third-order valence-corrected chi connectivity index (χ3v) is 4.73. The molecule has 0 N–H and O–H groups in total. The van der Waals surface area contributed by atoms with Crippen molar-refractivity contribution >= 4 is 5.82 Å². The molecule has 3 rings (SSSR count). The van der Waals surface area contributed by atoms with Crippen LogP contribution in [0.1, 0.15) is 82.9 Å². The van der Waals surface area contributed by atoms with Crippen LogP contribution >= 0.6 is 0 Å². The van der Waals surface area contributed by atoms with E-state index in [0.29, 0.717) is 5.92 Å². The van der Waals surface area contributed by atoms with Gasteiger partial charge in [-0.15, -0.1) is 0 Å². The van der Waals surface area contributed by atoms with E-state index in [4.69, 9.17) is 4.98 Å². The summed E-state index contributed by atoms with van der Waals surface area (Å²) in [6.07, 6.45) is 10.7. The van der Waals surface area contributed by atoms with Gasteiger partial charge in [0.25, 0.3) is 0 Å². The second-order valence-corrected chi connectivity index (χ2v) is 6.26. The Kier molecular flexibility index (Phi) is 6.53. The first-order chi connectivity index (χ1) is 10.3. The van der Waals surface area contributed by atoms with Crippen molar-refractivity contribution in [1.82, 2.24) is 4.98 Å². The zero-order valence-electron chi connectivity index (χ0n) is 14.2. The Morgan fingerprint density at radius 3 is 2.43 bits per heavy atom. The molecule has 0 aromatic carbocycles. The van der Waals surface area contributed by atoms with Crippen LogP contribution in [0.25, 0.3) is 0 Å². The zero-order chi connectivity index (χ0) is 15.1. The molecule has 0 radical (unpaired) electrons. The van der Waals surface area contributed by atoms with Gasteiger partial charge in [-0.2, -0.15) is 0 Å². The van der Waals surface area contributed by atoms with E-state index in [0.717, 1.165) is 0 Å². The molecule has 1 fully saturated rings. The van der Waals surface area contributed by atoms with E-state index < -0.39 is 0 Å². The lowest BCUT2D eigenvalue weighted by Gasteiger charge is -2.29. The van der Waals surface area contributed by atoms with Gasteiger partial charge in [0.1, 0.15) is 5.82 Å². The maximum Gasteiger partial charge on any atom is 0.128 e. The van der Waals surface area contributed by atoms with E-state index >= 15 is 0 Å². The Bertz CT molecular complexity index is 422. The van der Waals surface area contributed by atoms with Crippen molar-refractivity contribution in [2.24, 2.45) is 0 Å². The fourth-order valence-corrected chi connectivity index (χ4v) is 3.51. The third-order valence-electron chi connectivity index (χ3n) is 4.73. The molecule has 1 saturated heterocycles. The van der Waals surface area contributed by atoms with E-state index in [-0.39, 0.29) is 0 Å². The number of fused-ring (bicyclic) bond motifs is 1. The number of hydrogen-bond acceptors (Lipinski definition) is 2. The van der Waals surface area contributed by atoms with E-state index in [2.05, 4.69) is 24.0 Å². The lowest BCUT2D eigenvalue weighted by Crippen LogP contribution is -2.30. The average Bonchev–Trinajstić information content (AvgIpc) is 2.55. The highest BCUT2D eigenvalue weighted by Crippen LogP contribution is 2.30. The molecule has 1 aromatic heterocycles. The number of piperidine rings is 1. The minimum Gasteiger partial charge on any atom is -0.357 e. The molecule has 118 valence electrons. The van der Waals surface area contributed by atoms with Gasteiger partial charge in [-0.05, 0) is 56.1 Å². The smallest absolute Gasteiger partial charge is 0.128 e. The van der Waals surface area contributed by atoms with Gasteiger partial charge in [0.05, 0.1) is 0 Å². The monoisotopic (exact) mass is 288 g/mol. The van der Waals surface area contributed by atoms with Crippen LogP contribution < -0.4 is 4.90 Å².